The first-order valence-corrected chi connectivity index (χ1v) is 7.12. The smallest absolute Gasteiger partial charge is 0.262 e. The van der Waals surface area contributed by atoms with E-state index in [0.29, 0.717) is 17.3 Å². The summed E-state index contributed by atoms with van der Waals surface area (Å²) in [5.74, 6) is -1.77. The maximum atomic E-state index is 13.5. The van der Waals surface area contributed by atoms with Gasteiger partial charge in [0.2, 0.25) is 0 Å². The van der Waals surface area contributed by atoms with Crippen LogP contribution in [0.5, 0.6) is 0 Å². The summed E-state index contributed by atoms with van der Waals surface area (Å²) in [6.07, 6.45) is 0. The second kappa shape index (κ2) is 5.09. The van der Waals surface area contributed by atoms with Crippen LogP contribution < -0.4 is 10.5 Å². The van der Waals surface area contributed by atoms with Crippen LogP contribution in [0.15, 0.2) is 41.3 Å². The van der Waals surface area contributed by atoms with Gasteiger partial charge in [0.05, 0.1) is 10.6 Å². The number of rotatable bonds is 3. The van der Waals surface area contributed by atoms with Crippen LogP contribution in [0.1, 0.15) is 5.56 Å². The van der Waals surface area contributed by atoms with Crippen molar-refractivity contribution >= 4 is 21.4 Å². The third-order valence-corrected chi connectivity index (χ3v) is 4.19. The molecule has 0 saturated heterocycles. The number of nitrogens with two attached hydrogens (primary N) is 1. The lowest BCUT2D eigenvalue weighted by Crippen LogP contribution is -2.15. The van der Waals surface area contributed by atoms with Gasteiger partial charge >= 0.3 is 0 Å². The first-order chi connectivity index (χ1) is 9.29. The van der Waals surface area contributed by atoms with Gasteiger partial charge in [-0.1, -0.05) is 0 Å². The monoisotopic (exact) mass is 298 g/mol. The van der Waals surface area contributed by atoms with E-state index in [-0.39, 0.29) is 10.6 Å². The van der Waals surface area contributed by atoms with E-state index in [2.05, 4.69) is 4.72 Å². The Hall–Kier alpha value is -2.15. The Morgan fingerprint density at radius 3 is 2.40 bits per heavy atom. The summed E-state index contributed by atoms with van der Waals surface area (Å²) in [6.45, 7) is 1.58. The van der Waals surface area contributed by atoms with Crippen molar-refractivity contribution in [1.29, 1.82) is 0 Å². The largest absolute Gasteiger partial charge is 0.399 e. The first-order valence-electron chi connectivity index (χ1n) is 5.63. The Bertz CT molecular complexity index is 761. The number of hydrogen-bond donors (Lipinski definition) is 2. The zero-order valence-electron chi connectivity index (χ0n) is 10.5. The Morgan fingerprint density at radius 2 is 1.80 bits per heavy atom. The van der Waals surface area contributed by atoms with Gasteiger partial charge in [-0.2, -0.15) is 0 Å². The Kier molecular flexibility index (Phi) is 3.63. The van der Waals surface area contributed by atoms with Gasteiger partial charge in [-0.25, -0.2) is 17.2 Å². The molecule has 0 unspecified atom stereocenters. The van der Waals surface area contributed by atoms with E-state index in [1.54, 1.807) is 6.92 Å². The van der Waals surface area contributed by atoms with Crippen molar-refractivity contribution < 1.29 is 17.2 Å². The molecule has 0 fully saturated rings. The second-order valence-corrected chi connectivity index (χ2v) is 5.91. The number of anilines is 2. The van der Waals surface area contributed by atoms with Crippen LogP contribution in [0.25, 0.3) is 0 Å². The van der Waals surface area contributed by atoms with Crippen LogP contribution in [-0.2, 0) is 10.0 Å². The normalized spacial score (nSPS) is 11.3. The molecular formula is C13H12F2N2O2S. The minimum absolute atomic E-state index is 0.0181. The maximum Gasteiger partial charge on any atom is 0.262 e. The Morgan fingerprint density at radius 1 is 1.10 bits per heavy atom. The Labute approximate surface area is 115 Å². The fourth-order valence-electron chi connectivity index (χ4n) is 1.75. The van der Waals surface area contributed by atoms with Gasteiger partial charge in [0.25, 0.3) is 10.0 Å². The van der Waals surface area contributed by atoms with E-state index in [1.165, 1.54) is 18.2 Å². The standard InChI is InChI=1S/C13H12F2N2O2S/c1-8-6-10(16)3-5-13(8)20(18,19)17-12-4-2-9(14)7-11(12)15/h2-7,17H,16H2,1H3. The maximum absolute atomic E-state index is 13.5. The van der Waals surface area contributed by atoms with Crippen molar-refractivity contribution in [3.63, 3.8) is 0 Å². The summed E-state index contributed by atoms with van der Waals surface area (Å²) < 4.78 is 52.7. The van der Waals surface area contributed by atoms with Gasteiger partial charge in [-0.15, -0.1) is 0 Å². The lowest BCUT2D eigenvalue weighted by Gasteiger charge is -2.11. The molecule has 0 aliphatic heterocycles. The van der Waals surface area contributed by atoms with Crippen LogP contribution in [-0.4, -0.2) is 8.42 Å². The average molecular weight is 298 g/mol. The number of sulfonamides is 1. The quantitative estimate of drug-likeness (QED) is 0.856. The van der Waals surface area contributed by atoms with E-state index < -0.39 is 21.7 Å². The molecule has 0 saturated carbocycles. The van der Waals surface area contributed by atoms with E-state index >= 15 is 0 Å². The molecule has 2 rings (SSSR count). The van der Waals surface area contributed by atoms with Crippen LogP contribution >= 0.6 is 0 Å². The SMILES string of the molecule is Cc1cc(N)ccc1S(=O)(=O)Nc1ccc(F)cc1F. The zero-order valence-corrected chi connectivity index (χ0v) is 11.3. The van der Waals surface area contributed by atoms with Crippen molar-refractivity contribution in [1.82, 2.24) is 0 Å². The van der Waals surface area contributed by atoms with Gasteiger partial charge in [0, 0.05) is 11.8 Å². The van der Waals surface area contributed by atoms with Crippen molar-refractivity contribution in [3.05, 3.63) is 53.6 Å². The number of halogens is 2. The van der Waals surface area contributed by atoms with E-state index in [1.807, 2.05) is 0 Å². The highest BCUT2D eigenvalue weighted by molar-refractivity contribution is 7.92. The van der Waals surface area contributed by atoms with Gasteiger partial charge in [-0.3, -0.25) is 4.72 Å². The molecule has 106 valence electrons. The number of benzene rings is 2. The van der Waals surface area contributed by atoms with Gasteiger partial charge in [0.1, 0.15) is 11.6 Å². The summed E-state index contributed by atoms with van der Waals surface area (Å²) in [5, 5.41) is 0. The van der Waals surface area contributed by atoms with Crippen molar-refractivity contribution in [3.8, 4) is 0 Å². The predicted molar refractivity (Wildman–Crippen MR) is 72.8 cm³/mol. The molecule has 0 heterocycles. The number of hydrogen-bond acceptors (Lipinski definition) is 3. The fraction of sp³-hybridized carbons (Fsp3) is 0.0769. The molecule has 4 nitrogen and oxygen atoms in total. The highest BCUT2D eigenvalue weighted by Gasteiger charge is 2.18. The topological polar surface area (TPSA) is 72.2 Å². The average Bonchev–Trinajstić information content (AvgIpc) is 2.32. The summed E-state index contributed by atoms with van der Waals surface area (Å²) in [6, 6.07) is 6.85. The molecule has 2 aromatic carbocycles. The molecule has 0 spiro atoms. The van der Waals surface area contributed by atoms with Crippen LogP contribution in [0.4, 0.5) is 20.2 Å². The molecule has 0 aliphatic carbocycles. The summed E-state index contributed by atoms with van der Waals surface area (Å²) in [7, 11) is -3.96. The molecule has 0 atom stereocenters. The van der Waals surface area contributed by atoms with Crippen LogP contribution in [0.2, 0.25) is 0 Å². The minimum Gasteiger partial charge on any atom is -0.399 e. The van der Waals surface area contributed by atoms with Crippen LogP contribution in [0, 0.1) is 18.6 Å². The summed E-state index contributed by atoms with van der Waals surface area (Å²) in [5.41, 5.74) is 6.09. The molecule has 0 amide bonds. The molecule has 0 aromatic heterocycles. The third-order valence-electron chi connectivity index (χ3n) is 2.66. The van der Waals surface area contributed by atoms with Gasteiger partial charge in [0.15, 0.2) is 0 Å². The molecule has 0 aliphatic rings. The van der Waals surface area contributed by atoms with Crippen LogP contribution in [0.3, 0.4) is 0 Å². The van der Waals surface area contributed by atoms with E-state index in [9.17, 15) is 17.2 Å². The molecule has 2 aromatic rings. The van der Waals surface area contributed by atoms with E-state index in [0.717, 1.165) is 12.1 Å². The lowest BCUT2D eigenvalue weighted by atomic mass is 10.2. The number of nitrogen functional groups attached to an aromatic ring is 1. The summed E-state index contributed by atoms with van der Waals surface area (Å²) >= 11 is 0. The molecule has 3 N–H and O–H groups in total. The Balaban J connectivity index is 2.41. The highest BCUT2D eigenvalue weighted by Crippen LogP contribution is 2.23. The molecule has 0 bridgehead atoms. The molecular weight excluding hydrogens is 286 g/mol. The second-order valence-electron chi connectivity index (χ2n) is 4.25. The van der Waals surface area contributed by atoms with E-state index in [4.69, 9.17) is 5.73 Å². The van der Waals surface area contributed by atoms with Gasteiger partial charge in [-0.05, 0) is 42.8 Å². The highest BCUT2D eigenvalue weighted by atomic mass is 32.2. The fourth-order valence-corrected chi connectivity index (χ4v) is 3.04. The number of nitrogens with one attached hydrogen (secondary N) is 1. The molecule has 0 radical (unpaired) electrons. The minimum atomic E-state index is -3.96. The lowest BCUT2D eigenvalue weighted by molar-refractivity contribution is 0.582. The van der Waals surface area contributed by atoms with Crippen molar-refractivity contribution in [2.75, 3.05) is 10.5 Å². The number of aryl methyl sites for hydroxylation is 1. The zero-order chi connectivity index (χ0) is 14.9. The summed E-state index contributed by atoms with van der Waals surface area (Å²) in [4.78, 5) is -0.0181. The van der Waals surface area contributed by atoms with Crippen molar-refractivity contribution in [2.45, 2.75) is 11.8 Å². The predicted octanol–water partition coefficient (Wildman–Crippen LogP) is 2.66. The first kappa shape index (κ1) is 14.3. The van der Waals surface area contributed by atoms with Gasteiger partial charge < -0.3 is 5.73 Å². The molecule has 20 heavy (non-hydrogen) atoms. The molecule has 7 heteroatoms. The third kappa shape index (κ3) is 2.88. The van der Waals surface area contributed by atoms with Crippen molar-refractivity contribution in [2.24, 2.45) is 0 Å².